The average Bonchev–Trinajstić information content (AvgIpc) is 3.21. The van der Waals surface area contributed by atoms with Crippen molar-refractivity contribution in [1.29, 1.82) is 0 Å². The molecule has 1 aromatic heterocycles. The van der Waals surface area contributed by atoms with Crippen molar-refractivity contribution in [3.63, 3.8) is 0 Å². The number of aromatic nitrogens is 1. The van der Waals surface area contributed by atoms with Gasteiger partial charge in [-0.05, 0) is 41.8 Å². The minimum atomic E-state index is -0.865. The van der Waals surface area contributed by atoms with Crippen molar-refractivity contribution < 1.29 is 14.7 Å². The zero-order valence-corrected chi connectivity index (χ0v) is 15.5. The Morgan fingerprint density at radius 3 is 2.78 bits per heavy atom. The number of benzene rings is 2. The number of aliphatic carboxylic acids is 1. The molecule has 3 N–H and O–H groups in total. The van der Waals surface area contributed by atoms with Crippen LogP contribution >= 0.6 is 11.6 Å². The summed E-state index contributed by atoms with van der Waals surface area (Å²) < 4.78 is 0. The van der Waals surface area contributed by atoms with Crippen LogP contribution in [0.15, 0.2) is 48.5 Å². The van der Waals surface area contributed by atoms with Crippen LogP contribution in [-0.4, -0.2) is 28.0 Å². The van der Waals surface area contributed by atoms with Gasteiger partial charge in [0.25, 0.3) is 5.91 Å². The summed E-state index contributed by atoms with van der Waals surface area (Å²) in [5, 5.41) is 14.0. The molecule has 27 heavy (non-hydrogen) atoms. The summed E-state index contributed by atoms with van der Waals surface area (Å²) in [5.41, 5.74) is 3.35. The summed E-state index contributed by atoms with van der Waals surface area (Å²) in [5.74, 6) is -1.97. The summed E-state index contributed by atoms with van der Waals surface area (Å²) in [7, 11) is 0. The van der Waals surface area contributed by atoms with Crippen molar-refractivity contribution in [3.8, 4) is 0 Å². The molecule has 1 amide bonds. The molecule has 3 atom stereocenters. The molecule has 0 radical (unpaired) electrons. The third kappa shape index (κ3) is 3.19. The first kappa shape index (κ1) is 17.6. The van der Waals surface area contributed by atoms with Gasteiger partial charge in [-0.3, -0.25) is 9.59 Å². The Kier molecular flexibility index (Phi) is 4.40. The van der Waals surface area contributed by atoms with E-state index in [1.807, 2.05) is 30.3 Å². The van der Waals surface area contributed by atoms with E-state index in [1.165, 1.54) is 0 Å². The highest BCUT2D eigenvalue weighted by Crippen LogP contribution is 2.38. The smallest absolute Gasteiger partial charge is 0.306 e. The third-order valence-electron chi connectivity index (χ3n) is 5.36. The number of carboxylic acid groups (broad SMARTS) is 1. The second-order valence-corrected chi connectivity index (χ2v) is 7.49. The fraction of sp³-hybridized carbons (Fsp3) is 0.238. The maximum atomic E-state index is 12.8. The van der Waals surface area contributed by atoms with Crippen LogP contribution in [0.25, 0.3) is 10.9 Å². The Bertz CT molecular complexity index is 1040. The molecule has 1 heterocycles. The van der Waals surface area contributed by atoms with E-state index in [-0.39, 0.29) is 17.9 Å². The number of hydrogen-bond donors (Lipinski definition) is 3. The maximum Gasteiger partial charge on any atom is 0.306 e. The molecule has 0 spiro atoms. The van der Waals surface area contributed by atoms with E-state index < -0.39 is 11.9 Å². The quantitative estimate of drug-likeness (QED) is 0.638. The lowest BCUT2D eigenvalue weighted by Gasteiger charge is -2.25. The van der Waals surface area contributed by atoms with E-state index in [4.69, 9.17) is 11.6 Å². The lowest BCUT2D eigenvalue weighted by atomic mass is 9.86. The van der Waals surface area contributed by atoms with Gasteiger partial charge in [-0.1, -0.05) is 42.8 Å². The summed E-state index contributed by atoms with van der Waals surface area (Å²) in [6.45, 7) is 1.69. The first-order chi connectivity index (χ1) is 12.9. The van der Waals surface area contributed by atoms with Gasteiger partial charge in [0.15, 0.2) is 0 Å². The highest BCUT2D eigenvalue weighted by molar-refractivity contribution is 6.31. The number of fused-ring (bicyclic) bond motifs is 2. The van der Waals surface area contributed by atoms with Crippen LogP contribution in [0, 0.1) is 5.92 Å². The van der Waals surface area contributed by atoms with Gasteiger partial charge in [0.05, 0.1) is 5.92 Å². The number of halogens is 1. The molecule has 138 valence electrons. The predicted molar refractivity (Wildman–Crippen MR) is 104 cm³/mol. The number of nitrogens with one attached hydrogen (secondary N) is 2. The van der Waals surface area contributed by atoms with Crippen LogP contribution in [-0.2, 0) is 11.2 Å². The van der Waals surface area contributed by atoms with Gasteiger partial charge in [-0.15, -0.1) is 0 Å². The van der Waals surface area contributed by atoms with Gasteiger partial charge in [0.2, 0.25) is 0 Å². The van der Waals surface area contributed by atoms with E-state index in [9.17, 15) is 14.7 Å². The Morgan fingerprint density at radius 1 is 1.22 bits per heavy atom. The number of aromatic amines is 1. The number of carbonyl (C=O) groups is 2. The lowest BCUT2D eigenvalue weighted by Crippen LogP contribution is -2.41. The number of carboxylic acids is 1. The molecule has 0 fully saturated rings. The van der Waals surface area contributed by atoms with Crippen LogP contribution in [0.4, 0.5) is 0 Å². The van der Waals surface area contributed by atoms with E-state index in [2.05, 4.69) is 10.3 Å². The minimum absolute atomic E-state index is 0.247. The fourth-order valence-corrected chi connectivity index (χ4v) is 4.19. The molecule has 0 saturated heterocycles. The normalized spacial score (nSPS) is 19.6. The molecule has 0 bridgehead atoms. The van der Waals surface area contributed by atoms with Crippen LogP contribution in [0.5, 0.6) is 0 Å². The molecule has 2 aromatic carbocycles. The van der Waals surface area contributed by atoms with E-state index in [0.29, 0.717) is 17.1 Å². The molecule has 0 saturated carbocycles. The molecule has 3 aromatic rings. The second-order valence-electron chi connectivity index (χ2n) is 7.05. The monoisotopic (exact) mass is 382 g/mol. The third-order valence-corrected chi connectivity index (χ3v) is 5.59. The second kappa shape index (κ2) is 6.74. The number of rotatable bonds is 4. The summed E-state index contributed by atoms with van der Waals surface area (Å²) >= 11 is 6.01. The molecule has 6 heteroatoms. The lowest BCUT2D eigenvalue weighted by molar-refractivity contribution is -0.142. The Labute approximate surface area is 161 Å². The first-order valence-electron chi connectivity index (χ1n) is 8.84. The van der Waals surface area contributed by atoms with Crippen molar-refractivity contribution in [2.24, 2.45) is 5.92 Å². The molecule has 1 aliphatic rings. The first-order valence-corrected chi connectivity index (χ1v) is 9.21. The molecule has 5 nitrogen and oxygen atoms in total. The summed E-state index contributed by atoms with van der Waals surface area (Å²) in [4.78, 5) is 27.5. The summed E-state index contributed by atoms with van der Waals surface area (Å²) in [6.07, 6.45) is 0.621. The molecule has 1 aliphatic carbocycles. The van der Waals surface area contributed by atoms with E-state index >= 15 is 0 Å². The number of hydrogen-bond acceptors (Lipinski definition) is 2. The summed E-state index contributed by atoms with van der Waals surface area (Å²) in [6, 6.07) is 14.7. The zero-order chi connectivity index (χ0) is 19.1. The number of amides is 1. The highest BCUT2D eigenvalue weighted by atomic mass is 35.5. The maximum absolute atomic E-state index is 12.8. The Hall–Kier alpha value is -2.79. The standard InChI is InChI=1S/C21H19ClN2O3/c1-11(21(26)27)19-15-5-3-2-4-12(15)9-17(19)24-20(25)18-10-13-8-14(22)6-7-16(13)23-18/h2-8,10-11,17,19,23H,9H2,1H3,(H,24,25)(H,26,27)/t11-,17-,19+/m0/s1. The minimum Gasteiger partial charge on any atom is -0.481 e. The van der Waals surface area contributed by atoms with Gasteiger partial charge in [0.1, 0.15) is 5.69 Å². The molecule has 0 aliphatic heterocycles. The Balaban J connectivity index is 1.62. The van der Waals surface area contributed by atoms with Crippen molar-refractivity contribution >= 4 is 34.4 Å². The average molecular weight is 383 g/mol. The van der Waals surface area contributed by atoms with Crippen molar-refractivity contribution in [2.45, 2.75) is 25.3 Å². The largest absolute Gasteiger partial charge is 0.481 e. The van der Waals surface area contributed by atoms with Gasteiger partial charge < -0.3 is 15.4 Å². The fourth-order valence-electron chi connectivity index (χ4n) is 4.01. The zero-order valence-electron chi connectivity index (χ0n) is 14.7. The van der Waals surface area contributed by atoms with Gasteiger partial charge in [-0.25, -0.2) is 0 Å². The SMILES string of the molecule is C[C@H](C(=O)O)[C@@H]1c2ccccc2C[C@@H]1NC(=O)c1cc2cc(Cl)ccc2[nH]1. The molecule has 0 unspecified atom stereocenters. The van der Waals surface area contributed by atoms with Crippen molar-refractivity contribution in [3.05, 3.63) is 70.4 Å². The topological polar surface area (TPSA) is 82.2 Å². The number of carbonyl (C=O) groups excluding carboxylic acids is 1. The van der Waals surface area contributed by atoms with Crippen LogP contribution < -0.4 is 5.32 Å². The number of H-pyrrole nitrogens is 1. The molecular weight excluding hydrogens is 364 g/mol. The highest BCUT2D eigenvalue weighted by Gasteiger charge is 2.39. The van der Waals surface area contributed by atoms with Crippen LogP contribution in [0.1, 0.15) is 34.5 Å². The van der Waals surface area contributed by atoms with E-state index in [1.54, 1.807) is 25.1 Å². The van der Waals surface area contributed by atoms with Gasteiger partial charge in [-0.2, -0.15) is 0 Å². The van der Waals surface area contributed by atoms with Crippen molar-refractivity contribution in [1.82, 2.24) is 10.3 Å². The van der Waals surface area contributed by atoms with Crippen LogP contribution in [0.2, 0.25) is 5.02 Å². The van der Waals surface area contributed by atoms with Crippen molar-refractivity contribution in [2.75, 3.05) is 0 Å². The van der Waals surface area contributed by atoms with Crippen LogP contribution in [0.3, 0.4) is 0 Å². The Morgan fingerprint density at radius 2 is 2.00 bits per heavy atom. The van der Waals surface area contributed by atoms with Gasteiger partial charge in [0, 0.05) is 27.9 Å². The van der Waals surface area contributed by atoms with E-state index in [0.717, 1.165) is 22.0 Å². The predicted octanol–water partition coefficient (Wildman–Crippen LogP) is 3.98. The molecular formula is C21H19ClN2O3. The van der Waals surface area contributed by atoms with Gasteiger partial charge >= 0.3 is 5.97 Å². The molecule has 4 rings (SSSR count).